The largest absolute Gasteiger partial charge is 0.0792 e. The number of hydrogen-bond acceptors (Lipinski definition) is 0. The molecule has 2 atom stereocenters. The second-order valence-corrected chi connectivity index (χ2v) is 21.6. The van der Waals surface area contributed by atoms with E-state index in [1.807, 2.05) is 0 Å². The summed E-state index contributed by atoms with van der Waals surface area (Å²) in [4.78, 5) is 0. The van der Waals surface area contributed by atoms with E-state index in [4.69, 9.17) is 0 Å². The summed E-state index contributed by atoms with van der Waals surface area (Å²) >= 11 is 0. The van der Waals surface area contributed by atoms with E-state index >= 15 is 0 Å². The summed E-state index contributed by atoms with van der Waals surface area (Å²) in [7, 11) is 0. The molecule has 0 spiro atoms. The molecule has 2 unspecified atom stereocenters. The van der Waals surface area contributed by atoms with Gasteiger partial charge in [-0.25, -0.2) is 0 Å². The van der Waals surface area contributed by atoms with Crippen LogP contribution in [0.2, 0.25) is 0 Å². The van der Waals surface area contributed by atoms with E-state index in [0.717, 1.165) is 12.8 Å². The number of allylic oxidation sites excluding steroid dienone is 2. The van der Waals surface area contributed by atoms with Gasteiger partial charge in [0.05, 0.1) is 0 Å². The van der Waals surface area contributed by atoms with E-state index in [9.17, 15) is 0 Å². The Bertz CT molecular complexity index is 4180. The zero-order valence-corrected chi connectivity index (χ0v) is 44.0. The lowest BCUT2D eigenvalue weighted by Gasteiger charge is -2.42. The first-order valence-corrected chi connectivity index (χ1v) is 27.3. The molecule has 0 bridgehead atoms. The molecule has 77 heavy (non-hydrogen) atoms. The van der Waals surface area contributed by atoms with Gasteiger partial charge in [0.1, 0.15) is 0 Å². The highest BCUT2D eigenvalue weighted by atomic mass is 14.4. The minimum absolute atomic E-state index is 0.108. The van der Waals surface area contributed by atoms with Crippen molar-refractivity contribution in [2.45, 2.75) is 39.0 Å². The van der Waals surface area contributed by atoms with Crippen LogP contribution in [0.3, 0.4) is 0 Å². The molecule has 0 radical (unpaired) electrons. The second-order valence-electron chi connectivity index (χ2n) is 21.6. The fourth-order valence-electron chi connectivity index (χ4n) is 12.6. The molecule has 0 aliphatic heterocycles. The SMILES string of the molecule is Cc1cc(C=C(c2ccccc2)c2ccccc2)ccc1C1=c2cc(-c3ccc4ccccc4c3)ccc2=C(c2ccc(C=C(c3ccccc3)c3ccccc3)cc2C)C2CC(C)(c3ccc4ccccc4c3)CC=C12. The second kappa shape index (κ2) is 20.2. The first-order chi connectivity index (χ1) is 37.8. The summed E-state index contributed by atoms with van der Waals surface area (Å²) < 4.78 is 0. The molecule has 13 rings (SSSR count). The van der Waals surface area contributed by atoms with E-state index in [1.54, 1.807) is 0 Å². The van der Waals surface area contributed by atoms with Gasteiger partial charge in [-0.15, -0.1) is 0 Å². The van der Waals surface area contributed by atoms with Crippen LogP contribution >= 0.6 is 0 Å². The molecule has 0 heteroatoms. The van der Waals surface area contributed by atoms with Gasteiger partial charge in [-0.2, -0.15) is 0 Å². The molecule has 0 aromatic heterocycles. The first kappa shape index (κ1) is 47.6. The Hall–Kier alpha value is -9.10. The topological polar surface area (TPSA) is 0 Å². The molecule has 0 N–H and O–H groups in total. The molecule has 0 saturated heterocycles. The number of hydrogen-bond donors (Lipinski definition) is 0. The van der Waals surface area contributed by atoms with Gasteiger partial charge in [0.25, 0.3) is 0 Å². The molecule has 2 aliphatic rings. The van der Waals surface area contributed by atoms with Crippen LogP contribution in [0.25, 0.3) is 67.1 Å². The fourth-order valence-corrected chi connectivity index (χ4v) is 12.6. The van der Waals surface area contributed by atoms with Crippen LogP contribution < -0.4 is 10.4 Å². The number of aryl methyl sites for hydroxylation is 2. The highest BCUT2D eigenvalue weighted by Gasteiger charge is 2.40. The summed E-state index contributed by atoms with van der Waals surface area (Å²) in [6.45, 7) is 7.17. The van der Waals surface area contributed by atoms with Crippen molar-refractivity contribution in [1.82, 2.24) is 0 Å². The summed E-state index contributed by atoms with van der Waals surface area (Å²) in [6.07, 6.45) is 9.29. The summed E-state index contributed by atoms with van der Waals surface area (Å²) in [6, 6.07) is 96.6. The van der Waals surface area contributed by atoms with Crippen molar-refractivity contribution in [1.29, 1.82) is 0 Å². The molecule has 0 heterocycles. The predicted octanol–water partition coefficient (Wildman–Crippen LogP) is 18.2. The average molecular weight is 985 g/mol. The van der Waals surface area contributed by atoms with Gasteiger partial charge in [-0.3, -0.25) is 0 Å². The minimum Gasteiger partial charge on any atom is -0.0792 e. The quantitative estimate of drug-likeness (QED) is 0.120. The average Bonchev–Trinajstić information content (AvgIpc) is 3.50. The van der Waals surface area contributed by atoms with Crippen molar-refractivity contribution in [2.24, 2.45) is 5.92 Å². The third kappa shape index (κ3) is 9.21. The molecule has 0 saturated carbocycles. The molecular formula is C77H60. The molecule has 11 aromatic carbocycles. The molecule has 11 aromatic rings. The number of fused-ring (bicyclic) bond motifs is 4. The fraction of sp³-hybridized carbons (Fsp3) is 0.0909. The van der Waals surface area contributed by atoms with Crippen molar-refractivity contribution in [3.05, 3.63) is 344 Å². The van der Waals surface area contributed by atoms with Crippen LogP contribution in [0, 0.1) is 19.8 Å². The lowest BCUT2D eigenvalue weighted by atomic mass is 9.61. The van der Waals surface area contributed by atoms with Crippen LogP contribution in [0.15, 0.2) is 273 Å². The Labute approximate surface area is 453 Å². The highest BCUT2D eigenvalue weighted by Crippen LogP contribution is 2.51. The Kier molecular flexibility index (Phi) is 12.5. The van der Waals surface area contributed by atoms with E-state index in [-0.39, 0.29) is 11.3 Å². The molecule has 0 amide bonds. The maximum atomic E-state index is 2.64. The van der Waals surface area contributed by atoms with Gasteiger partial charge in [-0.05, 0) is 189 Å². The van der Waals surface area contributed by atoms with Crippen LogP contribution in [-0.4, -0.2) is 0 Å². The summed E-state index contributed by atoms with van der Waals surface area (Å²) in [5.41, 5.74) is 22.7. The maximum Gasteiger partial charge on any atom is 0.0113 e. The zero-order chi connectivity index (χ0) is 51.9. The first-order valence-electron chi connectivity index (χ1n) is 27.3. The summed E-state index contributed by atoms with van der Waals surface area (Å²) in [5.74, 6) is 0.125. The van der Waals surface area contributed by atoms with Crippen molar-refractivity contribution >= 4 is 56.0 Å². The van der Waals surface area contributed by atoms with Gasteiger partial charge >= 0.3 is 0 Å². The van der Waals surface area contributed by atoms with E-state index in [2.05, 4.69) is 300 Å². The molecule has 0 nitrogen and oxygen atoms in total. The van der Waals surface area contributed by atoms with Crippen LogP contribution in [0.4, 0.5) is 0 Å². The van der Waals surface area contributed by atoms with Gasteiger partial charge in [0, 0.05) is 5.92 Å². The third-order valence-corrected chi connectivity index (χ3v) is 16.6. The highest BCUT2D eigenvalue weighted by molar-refractivity contribution is 5.96. The van der Waals surface area contributed by atoms with Crippen molar-refractivity contribution in [2.75, 3.05) is 0 Å². The Morgan fingerprint density at radius 1 is 0.403 bits per heavy atom. The van der Waals surface area contributed by atoms with Gasteiger partial charge in [-0.1, -0.05) is 262 Å². The van der Waals surface area contributed by atoms with Gasteiger partial charge < -0.3 is 0 Å². The standard InChI is InChI=1S/C77H60/c1-52-44-54(46-71(58-22-8-4-9-23-58)59-24-10-5-11-25-59)32-39-67(52)75-70-42-43-77(3,66-38-36-57-21-17-19-31-63(57)49-66)51-74(70)76(69-41-37-65(50-73(69)75)64-35-34-56-20-16-18-30-62(56)48-64)68-40-33-55(45-53(68)2)47-72(60-26-12-6-13-27-60)61-28-14-7-15-29-61/h4-42,44-50,74H,43,51H2,1-3H3. The van der Waals surface area contributed by atoms with Crippen molar-refractivity contribution in [3.63, 3.8) is 0 Å². The zero-order valence-electron chi connectivity index (χ0n) is 44.0. The lowest BCUT2D eigenvalue weighted by molar-refractivity contribution is 0.387. The number of rotatable bonds is 10. The van der Waals surface area contributed by atoms with Crippen LogP contribution in [0.5, 0.6) is 0 Å². The predicted molar refractivity (Wildman–Crippen MR) is 328 cm³/mol. The van der Waals surface area contributed by atoms with Crippen molar-refractivity contribution < 1.29 is 0 Å². The smallest absolute Gasteiger partial charge is 0.0113 e. The molecule has 2 aliphatic carbocycles. The van der Waals surface area contributed by atoms with Crippen LogP contribution in [0.1, 0.15) is 81.0 Å². The maximum absolute atomic E-state index is 2.64. The van der Waals surface area contributed by atoms with E-state index < -0.39 is 0 Å². The molecule has 0 fully saturated rings. The van der Waals surface area contributed by atoms with E-state index in [0.29, 0.717) is 0 Å². The minimum atomic E-state index is -0.108. The molecule has 368 valence electrons. The van der Waals surface area contributed by atoms with Crippen molar-refractivity contribution in [3.8, 4) is 11.1 Å². The number of benzene rings is 11. The van der Waals surface area contributed by atoms with Gasteiger partial charge in [0.15, 0.2) is 0 Å². The van der Waals surface area contributed by atoms with Gasteiger partial charge in [0.2, 0.25) is 0 Å². The molecular weight excluding hydrogens is 925 g/mol. The lowest BCUT2D eigenvalue weighted by Crippen LogP contribution is -2.41. The van der Waals surface area contributed by atoms with E-state index in [1.165, 1.54) is 132 Å². The normalized spacial score (nSPS) is 15.8. The summed E-state index contributed by atoms with van der Waals surface area (Å²) in [5, 5.41) is 7.69. The Morgan fingerprint density at radius 2 is 0.857 bits per heavy atom. The third-order valence-electron chi connectivity index (χ3n) is 16.6. The monoisotopic (exact) mass is 984 g/mol. The van der Waals surface area contributed by atoms with Crippen LogP contribution in [-0.2, 0) is 5.41 Å². The Balaban J connectivity index is 1.05. The Morgan fingerprint density at radius 3 is 1.39 bits per heavy atom.